The first kappa shape index (κ1) is 31.3. The number of aliphatic hydroxyl groups is 1. The number of ether oxygens (including phenoxy) is 4. The SMILES string of the molecule is COc1ccc(COc2cc(N3CCOCC3)cc(-c3ccccc3Oc3ccc(Br)cc3C(O)C(=O)c3ccccc3)n2)cc1. The number of aromatic nitrogens is 1. The first-order chi connectivity index (χ1) is 22.5. The number of ketones is 1. The quantitative estimate of drug-likeness (QED) is 0.142. The Bertz CT molecular complexity index is 1790. The van der Waals surface area contributed by atoms with E-state index in [1.807, 2.05) is 72.8 Å². The smallest absolute Gasteiger partial charge is 0.216 e. The fraction of sp³-hybridized carbons (Fsp3) is 0.189. The topological polar surface area (TPSA) is 90.4 Å². The van der Waals surface area contributed by atoms with Crippen molar-refractivity contribution in [3.63, 3.8) is 0 Å². The Kier molecular flexibility index (Phi) is 9.93. The molecule has 9 heteroatoms. The van der Waals surface area contributed by atoms with Crippen LogP contribution in [0.5, 0.6) is 23.1 Å². The van der Waals surface area contributed by atoms with Gasteiger partial charge in [-0.1, -0.05) is 70.5 Å². The second-order valence-electron chi connectivity index (χ2n) is 10.7. The van der Waals surface area contributed by atoms with Crippen LogP contribution in [0.3, 0.4) is 0 Å². The van der Waals surface area contributed by atoms with Crippen molar-refractivity contribution >= 4 is 27.4 Å². The van der Waals surface area contributed by atoms with Crippen molar-refractivity contribution in [2.24, 2.45) is 0 Å². The van der Waals surface area contributed by atoms with E-state index in [4.69, 9.17) is 23.9 Å². The highest BCUT2D eigenvalue weighted by molar-refractivity contribution is 9.10. The normalized spacial score (nSPS) is 13.6. The number of methoxy groups -OCH3 is 1. The van der Waals surface area contributed by atoms with Gasteiger partial charge in [0, 0.05) is 46.0 Å². The lowest BCUT2D eigenvalue weighted by Crippen LogP contribution is -2.36. The van der Waals surface area contributed by atoms with Gasteiger partial charge in [-0.2, -0.15) is 0 Å². The molecule has 0 radical (unpaired) electrons. The van der Waals surface area contributed by atoms with Gasteiger partial charge in [-0.3, -0.25) is 4.79 Å². The summed E-state index contributed by atoms with van der Waals surface area (Å²) in [7, 11) is 1.64. The molecule has 234 valence electrons. The van der Waals surface area contributed by atoms with Crippen LogP contribution in [0.1, 0.15) is 27.6 Å². The Morgan fingerprint density at radius 2 is 1.65 bits per heavy atom. The summed E-state index contributed by atoms with van der Waals surface area (Å²) in [4.78, 5) is 20.3. The highest BCUT2D eigenvalue weighted by Crippen LogP contribution is 2.39. The summed E-state index contributed by atoms with van der Waals surface area (Å²) in [6.07, 6.45) is -1.43. The van der Waals surface area contributed by atoms with Crippen molar-refractivity contribution in [2.45, 2.75) is 12.7 Å². The van der Waals surface area contributed by atoms with Gasteiger partial charge in [-0.25, -0.2) is 4.98 Å². The molecule has 1 aliphatic heterocycles. The molecule has 4 aromatic carbocycles. The Labute approximate surface area is 276 Å². The Hall–Kier alpha value is -4.70. The second kappa shape index (κ2) is 14.6. The third-order valence-electron chi connectivity index (χ3n) is 7.66. The molecular weight excluding hydrogens is 648 g/mol. The summed E-state index contributed by atoms with van der Waals surface area (Å²) < 4.78 is 24.3. The second-order valence-corrected chi connectivity index (χ2v) is 11.6. The molecule has 0 aliphatic carbocycles. The number of pyridine rings is 1. The van der Waals surface area contributed by atoms with Crippen molar-refractivity contribution in [2.75, 3.05) is 38.3 Å². The predicted molar refractivity (Wildman–Crippen MR) is 180 cm³/mol. The summed E-state index contributed by atoms with van der Waals surface area (Å²) in [5.74, 6) is 1.69. The molecule has 0 spiro atoms. The Balaban J connectivity index is 1.33. The van der Waals surface area contributed by atoms with Gasteiger partial charge in [-0.15, -0.1) is 0 Å². The minimum absolute atomic E-state index is 0.330. The van der Waals surface area contributed by atoms with E-state index in [1.54, 1.807) is 43.5 Å². The van der Waals surface area contributed by atoms with E-state index in [1.165, 1.54) is 0 Å². The molecule has 8 nitrogen and oxygen atoms in total. The summed E-state index contributed by atoms with van der Waals surface area (Å²) in [5.41, 5.74) is 4.08. The number of carbonyl (C=O) groups excluding carboxylic acids is 1. The number of halogens is 1. The van der Waals surface area contributed by atoms with E-state index in [-0.39, 0.29) is 0 Å². The number of Topliss-reactive ketones (excluding diaryl/α,β-unsaturated/α-hetero) is 1. The van der Waals surface area contributed by atoms with Gasteiger partial charge in [0.05, 0.1) is 26.0 Å². The molecule has 1 fully saturated rings. The van der Waals surface area contributed by atoms with Crippen LogP contribution in [0.15, 0.2) is 114 Å². The minimum atomic E-state index is -1.43. The predicted octanol–water partition coefficient (Wildman–Crippen LogP) is 7.64. The molecule has 0 amide bonds. The minimum Gasteiger partial charge on any atom is -0.497 e. The maximum Gasteiger partial charge on any atom is 0.216 e. The summed E-state index contributed by atoms with van der Waals surface area (Å²) in [6, 6.07) is 33.2. The number of morpholine rings is 1. The Morgan fingerprint density at radius 3 is 2.41 bits per heavy atom. The van der Waals surface area contributed by atoms with Crippen LogP contribution in [-0.2, 0) is 11.3 Å². The molecule has 1 N–H and O–H groups in total. The van der Waals surface area contributed by atoms with E-state index in [9.17, 15) is 9.90 Å². The van der Waals surface area contributed by atoms with Crippen LogP contribution < -0.4 is 19.1 Å². The van der Waals surface area contributed by atoms with Gasteiger partial charge in [0.2, 0.25) is 5.88 Å². The maximum absolute atomic E-state index is 13.2. The zero-order valence-electron chi connectivity index (χ0n) is 25.3. The van der Waals surface area contributed by atoms with Gasteiger partial charge in [-0.05, 0) is 54.1 Å². The van der Waals surface area contributed by atoms with Crippen LogP contribution in [0.2, 0.25) is 0 Å². The number of hydrogen-bond donors (Lipinski definition) is 1. The molecule has 0 saturated carbocycles. The molecule has 1 aromatic heterocycles. The maximum atomic E-state index is 13.2. The van der Waals surface area contributed by atoms with Crippen molar-refractivity contribution in [3.05, 3.63) is 130 Å². The van der Waals surface area contributed by atoms with Gasteiger partial charge < -0.3 is 29.0 Å². The van der Waals surface area contributed by atoms with Crippen LogP contribution in [0.25, 0.3) is 11.3 Å². The molecule has 46 heavy (non-hydrogen) atoms. The number of nitrogens with zero attached hydrogens (tertiary/aromatic N) is 2. The molecule has 1 unspecified atom stereocenters. The zero-order valence-corrected chi connectivity index (χ0v) is 26.9. The lowest BCUT2D eigenvalue weighted by Gasteiger charge is -2.29. The average molecular weight is 682 g/mol. The standard InChI is InChI=1S/C37H33BrN2O6/c1-43-29-14-11-25(12-15-29)24-45-35-23-28(40-17-19-44-20-18-40)22-32(39-35)30-9-5-6-10-33(30)46-34-16-13-27(38)21-31(34)37(42)36(41)26-7-3-2-4-8-26/h2-16,21-23,37,42H,17-20,24H2,1H3. The summed E-state index contributed by atoms with van der Waals surface area (Å²) in [6.45, 7) is 3.09. The Morgan fingerprint density at radius 1 is 0.913 bits per heavy atom. The van der Waals surface area contributed by atoms with E-state index in [0.717, 1.165) is 35.7 Å². The largest absolute Gasteiger partial charge is 0.497 e. The number of para-hydroxylation sites is 1. The number of hydrogen-bond acceptors (Lipinski definition) is 8. The van der Waals surface area contributed by atoms with Gasteiger partial charge in [0.15, 0.2) is 5.78 Å². The lowest BCUT2D eigenvalue weighted by atomic mass is 9.99. The third-order valence-corrected chi connectivity index (χ3v) is 8.16. The van der Waals surface area contributed by atoms with Crippen LogP contribution in [0, 0.1) is 0 Å². The van der Waals surface area contributed by atoms with Crippen molar-refractivity contribution in [3.8, 4) is 34.4 Å². The van der Waals surface area contributed by atoms with Crippen molar-refractivity contribution in [1.82, 2.24) is 4.98 Å². The van der Waals surface area contributed by atoms with E-state index in [2.05, 4.69) is 20.8 Å². The van der Waals surface area contributed by atoms with Gasteiger partial charge in [0.1, 0.15) is 30.0 Å². The fourth-order valence-electron chi connectivity index (χ4n) is 5.20. The van der Waals surface area contributed by atoms with Crippen LogP contribution >= 0.6 is 15.9 Å². The summed E-state index contributed by atoms with van der Waals surface area (Å²) >= 11 is 3.48. The van der Waals surface area contributed by atoms with Gasteiger partial charge in [0.25, 0.3) is 0 Å². The molecule has 0 bridgehead atoms. The first-order valence-corrected chi connectivity index (χ1v) is 15.7. The molecule has 1 atom stereocenters. The molecule has 1 saturated heterocycles. The molecule has 5 aromatic rings. The fourth-order valence-corrected chi connectivity index (χ4v) is 5.58. The van der Waals surface area contributed by atoms with Crippen LogP contribution in [0.4, 0.5) is 5.69 Å². The third kappa shape index (κ3) is 7.39. The van der Waals surface area contributed by atoms with Crippen molar-refractivity contribution in [1.29, 1.82) is 0 Å². The monoisotopic (exact) mass is 680 g/mol. The summed E-state index contributed by atoms with van der Waals surface area (Å²) in [5, 5.41) is 11.2. The zero-order chi connectivity index (χ0) is 31.9. The number of rotatable bonds is 11. The van der Waals surface area contributed by atoms with Crippen molar-refractivity contribution < 1.29 is 28.8 Å². The van der Waals surface area contributed by atoms with Gasteiger partial charge >= 0.3 is 0 Å². The molecule has 2 heterocycles. The van der Waals surface area contributed by atoms with E-state index in [0.29, 0.717) is 58.5 Å². The molecular formula is C37H33BrN2O6. The molecule has 1 aliphatic rings. The number of aliphatic hydroxyl groups excluding tert-OH is 1. The first-order valence-electron chi connectivity index (χ1n) is 14.9. The number of anilines is 1. The number of carbonyl (C=O) groups is 1. The number of benzene rings is 4. The highest BCUT2D eigenvalue weighted by Gasteiger charge is 2.24. The highest BCUT2D eigenvalue weighted by atomic mass is 79.9. The van der Waals surface area contributed by atoms with E-state index < -0.39 is 11.9 Å². The van der Waals surface area contributed by atoms with E-state index >= 15 is 0 Å². The lowest BCUT2D eigenvalue weighted by molar-refractivity contribution is 0.0743. The average Bonchev–Trinajstić information content (AvgIpc) is 3.12. The molecule has 6 rings (SSSR count). The van der Waals surface area contributed by atoms with Crippen LogP contribution in [-0.4, -0.2) is 49.3 Å².